The quantitative estimate of drug-likeness (QED) is 0.702. The fourth-order valence-electron chi connectivity index (χ4n) is 1.76. The molecule has 4 nitrogen and oxygen atoms in total. The van der Waals surface area contributed by atoms with Crippen molar-refractivity contribution in [2.75, 3.05) is 25.5 Å². The molecule has 0 aliphatic carbocycles. The van der Waals surface area contributed by atoms with E-state index in [0.29, 0.717) is 6.54 Å². The van der Waals surface area contributed by atoms with E-state index in [4.69, 9.17) is 4.74 Å². The van der Waals surface area contributed by atoms with Gasteiger partial charge in [-0.1, -0.05) is 0 Å². The van der Waals surface area contributed by atoms with Crippen LogP contribution in [0.1, 0.15) is 32.6 Å². The highest BCUT2D eigenvalue weighted by Gasteiger charge is 2.13. The molecule has 1 rings (SSSR count). The van der Waals surface area contributed by atoms with Crippen molar-refractivity contribution in [1.29, 1.82) is 0 Å². The van der Waals surface area contributed by atoms with Crippen molar-refractivity contribution in [3.05, 3.63) is 0 Å². The lowest BCUT2D eigenvalue weighted by Gasteiger charge is -2.21. The molecule has 0 aromatic carbocycles. The molecule has 0 amide bonds. The Morgan fingerprint density at radius 3 is 2.60 bits per heavy atom. The molecule has 0 spiro atoms. The minimum absolute atomic E-state index is 0.171. The minimum atomic E-state index is -3.00. The highest BCUT2D eigenvalue weighted by molar-refractivity contribution is 7.89. The second-order valence-electron chi connectivity index (χ2n) is 4.00. The monoisotopic (exact) mass is 235 g/mol. The lowest BCUT2D eigenvalue weighted by atomic mass is 9.95. The zero-order valence-corrected chi connectivity index (χ0v) is 10.2. The van der Waals surface area contributed by atoms with Crippen LogP contribution in [0.3, 0.4) is 0 Å². The first-order valence-electron chi connectivity index (χ1n) is 5.69. The molecule has 5 heteroatoms. The summed E-state index contributed by atoms with van der Waals surface area (Å²) in [6.45, 7) is 3.96. The molecule has 1 saturated heterocycles. The van der Waals surface area contributed by atoms with Crippen molar-refractivity contribution < 1.29 is 13.2 Å². The second-order valence-corrected chi connectivity index (χ2v) is 6.09. The number of ether oxygens (including phenoxy) is 1. The predicted octanol–water partition coefficient (Wildman–Crippen LogP) is 1.13. The molecule has 0 atom stereocenters. The van der Waals surface area contributed by atoms with E-state index in [1.165, 1.54) is 0 Å². The van der Waals surface area contributed by atoms with Crippen molar-refractivity contribution >= 4 is 10.0 Å². The summed E-state index contributed by atoms with van der Waals surface area (Å²) in [5.74, 6) is 0.898. The Bertz CT molecular complexity index is 258. The van der Waals surface area contributed by atoms with Crippen molar-refractivity contribution in [3.63, 3.8) is 0 Å². The van der Waals surface area contributed by atoms with E-state index in [1.807, 2.05) is 0 Å². The van der Waals surface area contributed by atoms with Crippen LogP contribution in [-0.2, 0) is 14.8 Å². The van der Waals surface area contributed by atoms with Crippen LogP contribution in [0.4, 0.5) is 0 Å². The van der Waals surface area contributed by atoms with Crippen molar-refractivity contribution in [3.8, 4) is 0 Å². The van der Waals surface area contributed by atoms with Gasteiger partial charge >= 0.3 is 0 Å². The maximum atomic E-state index is 11.1. The summed E-state index contributed by atoms with van der Waals surface area (Å²) in [7, 11) is -3.00. The van der Waals surface area contributed by atoms with Crippen LogP contribution < -0.4 is 4.72 Å². The van der Waals surface area contributed by atoms with Crippen LogP contribution in [0.5, 0.6) is 0 Å². The fraction of sp³-hybridized carbons (Fsp3) is 1.00. The van der Waals surface area contributed by atoms with Gasteiger partial charge in [0, 0.05) is 19.8 Å². The van der Waals surface area contributed by atoms with Gasteiger partial charge in [-0.05, 0) is 38.5 Å². The Balaban J connectivity index is 2.06. The van der Waals surface area contributed by atoms with E-state index in [-0.39, 0.29) is 5.75 Å². The third-order valence-electron chi connectivity index (χ3n) is 2.83. The number of nitrogens with one attached hydrogen (secondary N) is 1. The Hall–Kier alpha value is -0.130. The molecule has 15 heavy (non-hydrogen) atoms. The van der Waals surface area contributed by atoms with Crippen molar-refractivity contribution in [1.82, 2.24) is 4.72 Å². The summed E-state index contributed by atoms with van der Waals surface area (Å²) < 4.78 is 30.1. The van der Waals surface area contributed by atoms with Gasteiger partial charge in [-0.15, -0.1) is 0 Å². The van der Waals surface area contributed by atoms with Gasteiger partial charge in [0.25, 0.3) is 0 Å². The molecular weight excluding hydrogens is 214 g/mol. The molecule has 0 saturated carbocycles. The molecule has 1 heterocycles. The van der Waals surface area contributed by atoms with Crippen molar-refractivity contribution in [2.24, 2.45) is 5.92 Å². The van der Waals surface area contributed by atoms with E-state index < -0.39 is 10.0 Å². The van der Waals surface area contributed by atoms with Crippen molar-refractivity contribution in [2.45, 2.75) is 32.6 Å². The normalized spacial score (nSPS) is 19.3. The first kappa shape index (κ1) is 12.9. The molecule has 1 N–H and O–H groups in total. The van der Waals surface area contributed by atoms with Crippen LogP contribution in [0.2, 0.25) is 0 Å². The van der Waals surface area contributed by atoms with Crippen LogP contribution >= 0.6 is 0 Å². The van der Waals surface area contributed by atoms with Gasteiger partial charge in [0.1, 0.15) is 0 Å². The molecular formula is C10H21NO3S. The smallest absolute Gasteiger partial charge is 0.211 e. The van der Waals surface area contributed by atoms with E-state index in [0.717, 1.165) is 44.8 Å². The van der Waals surface area contributed by atoms with Gasteiger partial charge in [0.15, 0.2) is 0 Å². The first-order valence-corrected chi connectivity index (χ1v) is 7.34. The predicted molar refractivity (Wildman–Crippen MR) is 60.2 cm³/mol. The maximum Gasteiger partial charge on any atom is 0.211 e. The summed E-state index contributed by atoms with van der Waals surface area (Å²) in [6, 6.07) is 0. The topological polar surface area (TPSA) is 55.4 Å². The zero-order chi connectivity index (χ0) is 11.1. The van der Waals surface area contributed by atoms with Gasteiger partial charge in [0.2, 0.25) is 10.0 Å². The number of rotatable bonds is 6. The third kappa shape index (κ3) is 5.49. The average molecular weight is 235 g/mol. The van der Waals surface area contributed by atoms with E-state index in [1.54, 1.807) is 6.92 Å². The summed E-state index contributed by atoms with van der Waals surface area (Å²) in [6.07, 6.45) is 4.29. The van der Waals surface area contributed by atoms with Gasteiger partial charge in [-0.2, -0.15) is 0 Å². The number of sulfonamides is 1. The Morgan fingerprint density at radius 2 is 2.00 bits per heavy atom. The lowest BCUT2D eigenvalue weighted by molar-refractivity contribution is 0.0634. The molecule has 0 aromatic rings. The van der Waals surface area contributed by atoms with E-state index >= 15 is 0 Å². The molecule has 0 unspecified atom stereocenters. The number of hydrogen-bond donors (Lipinski definition) is 1. The molecule has 90 valence electrons. The van der Waals surface area contributed by atoms with Crippen LogP contribution in [0.15, 0.2) is 0 Å². The van der Waals surface area contributed by atoms with Crippen LogP contribution in [-0.4, -0.2) is 33.9 Å². The first-order chi connectivity index (χ1) is 7.14. The lowest BCUT2D eigenvalue weighted by Crippen LogP contribution is -2.27. The Labute approximate surface area is 92.4 Å². The number of hydrogen-bond acceptors (Lipinski definition) is 3. The zero-order valence-electron chi connectivity index (χ0n) is 9.37. The molecule has 0 aromatic heterocycles. The third-order valence-corrected chi connectivity index (χ3v) is 4.24. The highest BCUT2D eigenvalue weighted by Crippen LogP contribution is 2.19. The molecule has 1 aliphatic heterocycles. The largest absolute Gasteiger partial charge is 0.381 e. The minimum Gasteiger partial charge on any atom is -0.381 e. The molecule has 1 fully saturated rings. The standard InChI is InChI=1S/C10H21NO3S/c1-2-15(12,13)11-7-3-4-10-5-8-14-9-6-10/h10-11H,2-9H2,1H3. The van der Waals surface area contributed by atoms with Gasteiger partial charge in [-0.3, -0.25) is 0 Å². The summed E-state index contributed by atoms with van der Waals surface area (Å²) in [5.41, 5.74) is 0. The van der Waals surface area contributed by atoms with Gasteiger partial charge in [-0.25, -0.2) is 13.1 Å². The summed E-state index contributed by atoms with van der Waals surface area (Å²) in [5, 5.41) is 0. The Morgan fingerprint density at radius 1 is 1.33 bits per heavy atom. The van der Waals surface area contributed by atoms with E-state index in [9.17, 15) is 8.42 Å². The van der Waals surface area contributed by atoms with Crippen LogP contribution in [0, 0.1) is 5.92 Å². The molecule has 0 bridgehead atoms. The maximum absolute atomic E-state index is 11.1. The highest BCUT2D eigenvalue weighted by atomic mass is 32.2. The molecule has 1 aliphatic rings. The van der Waals surface area contributed by atoms with E-state index in [2.05, 4.69) is 4.72 Å². The fourth-order valence-corrected chi connectivity index (χ4v) is 2.42. The second kappa shape index (κ2) is 6.45. The summed E-state index contributed by atoms with van der Waals surface area (Å²) in [4.78, 5) is 0. The average Bonchev–Trinajstić information content (AvgIpc) is 2.26. The van der Waals surface area contributed by atoms with Crippen LogP contribution in [0.25, 0.3) is 0 Å². The SMILES string of the molecule is CCS(=O)(=O)NCCCC1CCOCC1. The molecule has 0 radical (unpaired) electrons. The Kier molecular flexibility index (Phi) is 5.56. The van der Waals surface area contributed by atoms with Gasteiger partial charge < -0.3 is 4.74 Å². The van der Waals surface area contributed by atoms with Gasteiger partial charge in [0.05, 0.1) is 5.75 Å². The summed E-state index contributed by atoms with van der Waals surface area (Å²) >= 11 is 0.